The number of H-pyrrole nitrogens is 1. The third-order valence-corrected chi connectivity index (χ3v) is 5.29. The van der Waals surface area contributed by atoms with Gasteiger partial charge in [0.25, 0.3) is 0 Å². The summed E-state index contributed by atoms with van der Waals surface area (Å²) in [5, 5.41) is 0.937. The van der Waals surface area contributed by atoms with Gasteiger partial charge in [0, 0.05) is 23.0 Å². The highest BCUT2D eigenvalue weighted by molar-refractivity contribution is 6.31. The number of aromatic amines is 1. The Morgan fingerprint density at radius 3 is 2.48 bits per heavy atom. The van der Waals surface area contributed by atoms with Gasteiger partial charge < -0.3 is 9.72 Å². The molecule has 2 aromatic heterocycles. The maximum Gasteiger partial charge on any atom is 0.344 e. The molecule has 0 spiro atoms. The van der Waals surface area contributed by atoms with Crippen molar-refractivity contribution in [2.45, 2.75) is 47.0 Å². The fraction of sp³-hybridized carbons (Fsp3) is 0.348. The predicted octanol–water partition coefficient (Wildman–Crippen LogP) is 5.33. The Labute approximate surface area is 175 Å². The third kappa shape index (κ3) is 3.79. The molecule has 0 fully saturated rings. The van der Waals surface area contributed by atoms with Crippen molar-refractivity contribution in [1.82, 2.24) is 9.97 Å². The number of hydrogen-bond acceptors (Lipinski definition) is 4. The highest BCUT2D eigenvalue weighted by Gasteiger charge is 2.25. The first-order chi connectivity index (χ1) is 13.6. The second-order valence-electron chi connectivity index (χ2n) is 8.20. The molecule has 0 saturated carbocycles. The number of aromatic nitrogens is 2. The van der Waals surface area contributed by atoms with E-state index in [1.165, 1.54) is 6.20 Å². The highest BCUT2D eigenvalue weighted by Crippen LogP contribution is 2.36. The summed E-state index contributed by atoms with van der Waals surface area (Å²) < 4.78 is 5.19. The van der Waals surface area contributed by atoms with Crippen LogP contribution >= 0.6 is 11.6 Å². The summed E-state index contributed by atoms with van der Waals surface area (Å²) in [5.41, 5.74) is 3.90. The third-order valence-electron chi connectivity index (χ3n) is 4.98. The van der Waals surface area contributed by atoms with E-state index in [2.05, 4.69) is 30.7 Å². The maximum absolute atomic E-state index is 13.2. The summed E-state index contributed by atoms with van der Waals surface area (Å²) in [4.78, 5) is 33.3. The number of nitrogens with zero attached hydrogens (tertiary/aromatic N) is 1. The zero-order valence-electron chi connectivity index (χ0n) is 17.6. The second-order valence-corrected chi connectivity index (χ2v) is 8.61. The van der Waals surface area contributed by atoms with Gasteiger partial charge in [0.05, 0.1) is 23.2 Å². The largest absolute Gasteiger partial charge is 0.462 e. The molecular formula is C23H25ClN2O3. The van der Waals surface area contributed by atoms with Crippen molar-refractivity contribution in [3.8, 4) is 11.3 Å². The van der Waals surface area contributed by atoms with Crippen LogP contribution in [0.1, 0.15) is 54.7 Å². The SMILES string of the molecule is CCOC(=O)c1c(-c2cc(Cl)c(C(C)(C)C)cc2C)[nH]c2c(C)cncc2c1=O. The second kappa shape index (κ2) is 7.64. The van der Waals surface area contributed by atoms with Crippen molar-refractivity contribution in [1.29, 1.82) is 0 Å². The van der Waals surface area contributed by atoms with Gasteiger partial charge in [-0.2, -0.15) is 0 Å². The number of benzene rings is 1. The lowest BCUT2D eigenvalue weighted by molar-refractivity contribution is 0.0525. The van der Waals surface area contributed by atoms with Gasteiger partial charge in [0.1, 0.15) is 5.56 Å². The average Bonchev–Trinajstić information content (AvgIpc) is 2.63. The van der Waals surface area contributed by atoms with Crippen LogP contribution in [0.5, 0.6) is 0 Å². The van der Waals surface area contributed by atoms with Crippen LogP contribution in [0, 0.1) is 13.8 Å². The van der Waals surface area contributed by atoms with Gasteiger partial charge in [-0.1, -0.05) is 38.4 Å². The monoisotopic (exact) mass is 412 g/mol. The van der Waals surface area contributed by atoms with Crippen LogP contribution in [0.4, 0.5) is 0 Å². The Balaban J connectivity index is 2.41. The topological polar surface area (TPSA) is 72.1 Å². The van der Waals surface area contributed by atoms with Crippen molar-refractivity contribution in [2.75, 3.05) is 6.61 Å². The smallest absolute Gasteiger partial charge is 0.344 e. The molecule has 0 unspecified atom stereocenters. The van der Waals surface area contributed by atoms with Crippen LogP contribution < -0.4 is 5.43 Å². The summed E-state index contributed by atoms with van der Waals surface area (Å²) in [5.74, 6) is -0.664. The lowest BCUT2D eigenvalue weighted by atomic mass is 9.84. The Bertz CT molecular complexity index is 1170. The molecule has 0 amide bonds. The lowest BCUT2D eigenvalue weighted by Gasteiger charge is -2.23. The summed E-state index contributed by atoms with van der Waals surface area (Å²) in [6, 6.07) is 3.82. The van der Waals surface area contributed by atoms with E-state index in [-0.39, 0.29) is 17.6 Å². The van der Waals surface area contributed by atoms with Crippen LogP contribution in [0.25, 0.3) is 22.2 Å². The van der Waals surface area contributed by atoms with Crippen LogP contribution in [0.3, 0.4) is 0 Å². The number of nitrogens with one attached hydrogen (secondary N) is 1. The Morgan fingerprint density at radius 1 is 1.17 bits per heavy atom. The fourth-order valence-corrected chi connectivity index (χ4v) is 3.91. The van der Waals surface area contributed by atoms with Gasteiger partial charge in [0.15, 0.2) is 0 Å². The predicted molar refractivity (Wildman–Crippen MR) is 117 cm³/mol. The molecule has 152 valence electrons. The minimum absolute atomic E-state index is 0.0329. The molecule has 1 aromatic carbocycles. The van der Waals surface area contributed by atoms with E-state index in [9.17, 15) is 9.59 Å². The molecule has 2 heterocycles. The first kappa shape index (κ1) is 21.1. The van der Waals surface area contributed by atoms with Crippen molar-refractivity contribution in [3.63, 3.8) is 0 Å². The van der Waals surface area contributed by atoms with E-state index < -0.39 is 11.4 Å². The van der Waals surface area contributed by atoms with Crippen molar-refractivity contribution < 1.29 is 9.53 Å². The first-order valence-electron chi connectivity index (χ1n) is 9.55. The maximum atomic E-state index is 13.2. The molecular weight excluding hydrogens is 388 g/mol. The zero-order chi connectivity index (χ0) is 21.5. The standard InChI is InChI=1S/C23H25ClN2O3/c1-7-29-22(28)18-20(26-19-13(3)10-25-11-15(19)21(18)27)14-9-17(24)16(8-12(14)2)23(4,5)6/h8-11H,7H2,1-6H3,(H,26,27). The summed E-state index contributed by atoms with van der Waals surface area (Å²) in [6.07, 6.45) is 3.14. The quantitative estimate of drug-likeness (QED) is 0.590. The molecule has 5 nitrogen and oxygen atoms in total. The minimum atomic E-state index is -0.664. The number of hydrogen-bond donors (Lipinski definition) is 1. The molecule has 0 atom stereocenters. The number of carbonyl (C=O) groups is 1. The fourth-order valence-electron chi connectivity index (χ4n) is 3.46. The molecule has 0 aliphatic heterocycles. The van der Waals surface area contributed by atoms with Gasteiger partial charge in [0.2, 0.25) is 5.43 Å². The average molecular weight is 413 g/mol. The Morgan fingerprint density at radius 2 is 1.86 bits per heavy atom. The molecule has 1 N–H and O–H groups in total. The number of rotatable bonds is 3. The van der Waals surface area contributed by atoms with Gasteiger partial charge in [-0.3, -0.25) is 9.78 Å². The van der Waals surface area contributed by atoms with Gasteiger partial charge in [-0.15, -0.1) is 0 Å². The van der Waals surface area contributed by atoms with Crippen LogP contribution in [-0.4, -0.2) is 22.5 Å². The molecule has 0 bridgehead atoms. The van der Waals surface area contributed by atoms with Crippen LogP contribution in [0.15, 0.2) is 29.3 Å². The molecule has 0 saturated heterocycles. The van der Waals surface area contributed by atoms with Crippen LogP contribution in [-0.2, 0) is 10.2 Å². The van der Waals surface area contributed by atoms with Crippen molar-refractivity contribution >= 4 is 28.5 Å². The minimum Gasteiger partial charge on any atom is -0.462 e. The Hall–Kier alpha value is -2.66. The van der Waals surface area contributed by atoms with E-state index >= 15 is 0 Å². The molecule has 3 rings (SSSR count). The molecule has 6 heteroatoms. The first-order valence-corrected chi connectivity index (χ1v) is 9.92. The summed E-state index contributed by atoms with van der Waals surface area (Å²) in [7, 11) is 0. The lowest BCUT2D eigenvalue weighted by Crippen LogP contribution is -2.21. The number of carbonyl (C=O) groups excluding carboxylic acids is 1. The number of halogens is 1. The van der Waals surface area contributed by atoms with Crippen molar-refractivity contribution in [3.05, 3.63) is 62.0 Å². The van der Waals surface area contributed by atoms with E-state index in [1.807, 2.05) is 26.0 Å². The van der Waals surface area contributed by atoms with E-state index in [0.717, 1.165) is 16.7 Å². The Kier molecular flexibility index (Phi) is 5.54. The molecule has 0 aliphatic carbocycles. The zero-order valence-corrected chi connectivity index (χ0v) is 18.3. The number of esters is 1. The molecule has 29 heavy (non-hydrogen) atoms. The highest BCUT2D eigenvalue weighted by atomic mass is 35.5. The van der Waals surface area contributed by atoms with Crippen molar-refractivity contribution in [2.24, 2.45) is 0 Å². The van der Waals surface area contributed by atoms with E-state index in [1.54, 1.807) is 13.1 Å². The molecule has 3 aromatic rings. The summed E-state index contributed by atoms with van der Waals surface area (Å²) in [6.45, 7) is 11.9. The number of pyridine rings is 2. The molecule has 0 aliphatic rings. The van der Waals surface area contributed by atoms with Gasteiger partial charge in [-0.25, -0.2) is 4.79 Å². The number of aryl methyl sites for hydroxylation is 2. The number of ether oxygens (including phenoxy) is 1. The van der Waals surface area contributed by atoms with Crippen LogP contribution in [0.2, 0.25) is 5.02 Å². The molecule has 0 radical (unpaired) electrons. The normalized spacial score (nSPS) is 11.7. The number of fused-ring (bicyclic) bond motifs is 1. The van der Waals surface area contributed by atoms with Gasteiger partial charge in [-0.05, 0) is 48.9 Å². The van der Waals surface area contributed by atoms with E-state index in [4.69, 9.17) is 16.3 Å². The summed E-state index contributed by atoms with van der Waals surface area (Å²) >= 11 is 6.60. The van der Waals surface area contributed by atoms with E-state index in [0.29, 0.717) is 27.2 Å². The van der Waals surface area contributed by atoms with Gasteiger partial charge >= 0.3 is 5.97 Å².